The highest BCUT2D eigenvalue weighted by Crippen LogP contribution is 2.36. The number of hydrogen-bond donors (Lipinski definition) is 1. The number of guanidine groups is 1. The summed E-state index contributed by atoms with van der Waals surface area (Å²) in [7, 11) is 1.89. The first-order chi connectivity index (χ1) is 11.2. The quantitative estimate of drug-likeness (QED) is 0.445. The molecule has 3 rings (SSSR count). The fraction of sp³-hybridized carbons (Fsp3) is 0.556. The lowest BCUT2D eigenvalue weighted by Gasteiger charge is -2.28. The maximum absolute atomic E-state index is 12.2. The highest BCUT2D eigenvalue weighted by atomic mass is 127. The molecule has 0 aromatic heterocycles. The van der Waals surface area contributed by atoms with E-state index in [0.717, 1.165) is 13.1 Å². The predicted molar refractivity (Wildman–Crippen MR) is 107 cm³/mol. The molecule has 2 N–H and O–H groups in total. The van der Waals surface area contributed by atoms with Crippen LogP contribution in [0.4, 0.5) is 0 Å². The van der Waals surface area contributed by atoms with Crippen molar-refractivity contribution in [2.45, 2.75) is 31.7 Å². The summed E-state index contributed by atoms with van der Waals surface area (Å²) < 4.78 is 0. The molecular weight excluding hydrogens is 415 g/mol. The molecule has 0 bridgehead atoms. The molecule has 1 aromatic carbocycles. The second kappa shape index (κ2) is 8.69. The number of carbonyl (C=O) groups excluding carboxylic acids is 1. The van der Waals surface area contributed by atoms with Crippen LogP contribution >= 0.6 is 24.0 Å². The summed E-state index contributed by atoms with van der Waals surface area (Å²) in [6.45, 7) is 2.61. The lowest BCUT2D eigenvalue weighted by molar-refractivity contribution is -0.127. The zero-order chi connectivity index (χ0) is 16.2. The number of carbonyl (C=O) groups is 1. The van der Waals surface area contributed by atoms with Crippen LogP contribution in [-0.4, -0.2) is 48.3 Å². The number of likely N-dealkylation sites (tertiary alicyclic amines) is 2. The van der Waals surface area contributed by atoms with E-state index in [9.17, 15) is 4.79 Å². The van der Waals surface area contributed by atoms with E-state index in [4.69, 9.17) is 5.73 Å². The maximum Gasteiger partial charge on any atom is 0.223 e. The van der Waals surface area contributed by atoms with Gasteiger partial charge in [-0.1, -0.05) is 30.3 Å². The topological polar surface area (TPSA) is 61.9 Å². The molecule has 2 saturated heterocycles. The van der Waals surface area contributed by atoms with Crippen LogP contribution in [0.25, 0.3) is 0 Å². The zero-order valence-corrected chi connectivity index (χ0v) is 16.6. The standard InChI is InChI=1S/C18H26N4O.HI/c1-21-16(23)12-15(17(21)14-8-4-2-5-9-14)13-20-18(19)22-10-6-3-7-11-22;/h2,4-5,8-9,15,17H,3,6-7,10-13H2,1H3,(H2,19,20);1H. The Labute approximate surface area is 161 Å². The number of rotatable bonds is 3. The van der Waals surface area contributed by atoms with E-state index in [-0.39, 0.29) is 41.8 Å². The highest BCUT2D eigenvalue weighted by molar-refractivity contribution is 14.0. The van der Waals surface area contributed by atoms with Gasteiger partial charge in [-0.05, 0) is 24.8 Å². The normalized spacial score (nSPS) is 24.9. The van der Waals surface area contributed by atoms with Crippen molar-refractivity contribution in [3.63, 3.8) is 0 Å². The Morgan fingerprint density at radius 3 is 2.54 bits per heavy atom. The van der Waals surface area contributed by atoms with Crippen molar-refractivity contribution in [3.05, 3.63) is 35.9 Å². The Balaban J connectivity index is 0.00000208. The number of piperidine rings is 1. The Kier molecular flexibility index (Phi) is 6.89. The lowest BCUT2D eigenvalue weighted by Crippen LogP contribution is -2.41. The van der Waals surface area contributed by atoms with Crippen LogP contribution in [0.2, 0.25) is 0 Å². The predicted octanol–water partition coefficient (Wildman–Crippen LogP) is 2.62. The molecule has 1 aromatic rings. The van der Waals surface area contributed by atoms with Gasteiger partial charge in [0.2, 0.25) is 5.91 Å². The summed E-state index contributed by atoms with van der Waals surface area (Å²) in [6.07, 6.45) is 4.20. The smallest absolute Gasteiger partial charge is 0.223 e. The van der Waals surface area contributed by atoms with E-state index in [2.05, 4.69) is 22.0 Å². The molecular formula is C18H27IN4O. The van der Waals surface area contributed by atoms with Crippen LogP contribution in [0.5, 0.6) is 0 Å². The first kappa shape index (κ1) is 19.0. The Hall–Kier alpha value is -1.31. The third-order valence-electron chi connectivity index (χ3n) is 5.00. The fourth-order valence-corrected chi connectivity index (χ4v) is 3.70. The molecule has 2 aliphatic rings. The van der Waals surface area contributed by atoms with Gasteiger partial charge in [0.15, 0.2) is 5.96 Å². The molecule has 0 radical (unpaired) electrons. The van der Waals surface area contributed by atoms with E-state index in [1.165, 1.54) is 24.8 Å². The van der Waals surface area contributed by atoms with Crippen LogP contribution in [-0.2, 0) is 4.79 Å². The second-order valence-corrected chi connectivity index (χ2v) is 6.57. The molecule has 2 atom stereocenters. The van der Waals surface area contributed by atoms with Gasteiger partial charge in [-0.3, -0.25) is 9.79 Å². The molecule has 6 heteroatoms. The minimum atomic E-state index is 0. The van der Waals surface area contributed by atoms with E-state index in [1.807, 2.05) is 30.1 Å². The van der Waals surface area contributed by atoms with Gasteiger partial charge < -0.3 is 15.5 Å². The molecule has 5 nitrogen and oxygen atoms in total. The van der Waals surface area contributed by atoms with Crippen LogP contribution in [0.1, 0.15) is 37.3 Å². The summed E-state index contributed by atoms with van der Waals surface area (Å²) in [5.74, 6) is 1.02. The van der Waals surface area contributed by atoms with Crippen molar-refractivity contribution < 1.29 is 4.79 Å². The highest BCUT2D eigenvalue weighted by Gasteiger charge is 2.38. The number of benzene rings is 1. The number of halogens is 1. The Bertz CT molecular complexity index is 572. The first-order valence-corrected chi connectivity index (χ1v) is 8.52. The average Bonchev–Trinajstić information content (AvgIpc) is 2.88. The van der Waals surface area contributed by atoms with Crippen LogP contribution < -0.4 is 5.73 Å². The summed E-state index contributed by atoms with van der Waals surface area (Å²) in [4.78, 5) is 20.8. The van der Waals surface area contributed by atoms with Gasteiger partial charge in [0, 0.05) is 39.0 Å². The van der Waals surface area contributed by atoms with Crippen molar-refractivity contribution in [3.8, 4) is 0 Å². The Morgan fingerprint density at radius 1 is 1.21 bits per heavy atom. The van der Waals surface area contributed by atoms with Gasteiger partial charge in [-0.15, -0.1) is 24.0 Å². The number of nitrogens with zero attached hydrogens (tertiary/aromatic N) is 3. The molecule has 1 amide bonds. The molecule has 0 saturated carbocycles. The van der Waals surface area contributed by atoms with Gasteiger partial charge in [0.1, 0.15) is 0 Å². The van der Waals surface area contributed by atoms with Gasteiger partial charge in [-0.25, -0.2) is 0 Å². The molecule has 0 spiro atoms. The van der Waals surface area contributed by atoms with Crippen LogP contribution in [0.3, 0.4) is 0 Å². The number of nitrogens with two attached hydrogens (primary N) is 1. The third kappa shape index (κ3) is 4.20. The minimum Gasteiger partial charge on any atom is -0.370 e. The van der Waals surface area contributed by atoms with Crippen molar-refractivity contribution in [2.24, 2.45) is 16.6 Å². The summed E-state index contributed by atoms with van der Waals surface area (Å²) in [5, 5.41) is 0. The molecule has 2 heterocycles. The van der Waals surface area contributed by atoms with Crippen molar-refractivity contribution in [2.75, 3.05) is 26.7 Å². The van der Waals surface area contributed by atoms with Gasteiger partial charge in [-0.2, -0.15) is 0 Å². The zero-order valence-electron chi connectivity index (χ0n) is 14.2. The molecule has 2 fully saturated rings. The lowest BCUT2D eigenvalue weighted by atomic mass is 9.94. The molecule has 2 aliphatic heterocycles. The minimum absolute atomic E-state index is 0. The van der Waals surface area contributed by atoms with Crippen molar-refractivity contribution in [1.82, 2.24) is 9.80 Å². The molecule has 132 valence electrons. The summed E-state index contributed by atoms with van der Waals surface area (Å²) >= 11 is 0. The fourth-order valence-electron chi connectivity index (χ4n) is 3.70. The monoisotopic (exact) mass is 442 g/mol. The van der Waals surface area contributed by atoms with Crippen molar-refractivity contribution >= 4 is 35.8 Å². The molecule has 2 unspecified atom stereocenters. The Morgan fingerprint density at radius 2 is 1.88 bits per heavy atom. The number of amides is 1. The third-order valence-corrected chi connectivity index (χ3v) is 5.00. The molecule has 0 aliphatic carbocycles. The average molecular weight is 442 g/mol. The van der Waals surface area contributed by atoms with E-state index >= 15 is 0 Å². The second-order valence-electron chi connectivity index (χ2n) is 6.57. The maximum atomic E-state index is 12.2. The van der Waals surface area contributed by atoms with E-state index in [0.29, 0.717) is 18.9 Å². The largest absolute Gasteiger partial charge is 0.370 e. The van der Waals surface area contributed by atoms with Crippen LogP contribution in [0, 0.1) is 5.92 Å². The summed E-state index contributed by atoms with van der Waals surface area (Å²) in [5.41, 5.74) is 7.34. The van der Waals surface area contributed by atoms with E-state index in [1.54, 1.807) is 0 Å². The first-order valence-electron chi connectivity index (χ1n) is 8.52. The molecule has 24 heavy (non-hydrogen) atoms. The van der Waals surface area contributed by atoms with Gasteiger partial charge in [0.25, 0.3) is 0 Å². The van der Waals surface area contributed by atoms with E-state index < -0.39 is 0 Å². The number of hydrogen-bond acceptors (Lipinski definition) is 2. The summed E-state index contributed by atoms with van der Waals surface area (Å²) in [6, 6.07) is 10.3. The SMILES string of the molecule is CN1C(=O)CC(CN=C(N)N2CCCCC2)C1c1ccccc1.I. The van der Waals surface area contributed by atoms with Crippen molar-refractivity contribution in [1.29, 1.82) is 0 Å². The van der Waals surface area contributed by atoms with Crippen LogP contribution in [0.15, 0.2) is 35.3 Å². The van der Waals surface area contributed by atoms with Gasteiger partial charge in [0.05, 0.1) is 6.04 Å². The van der Waals surface area contributed by atoms with Gasteiger partial charge >= 0.3 is 0 Å². The number of aliphatic imine (C=N–C) groups is 1.